The van der Waals surface area contributed by atoms with Crippen molar-refractivity contribution in [2.24, 2.45) is 10.7 Å². The van der Waals surface area contributed by atoms with Crippen LogP contribution in [0.3, 0.4) is 0 Å². The van der Waals surface area contributed by atoms with Gasteiger partial charge >= 0.3 is 0 Å². The highest BCUT2D eigenvalue weighted by molar-refractivity contribution is 6.21. The number of amidine groups is 2. The molecule has 0 aliphatic carbocycles. The predicted molar refractivity (Wildman–Crippen MR) is 54.1 cm³/mol. The highest BCUT2D eigenvalue weighted by Crippen LogP contribution is 2.18. The van der Waals surface area contributed by atoms with E-state index in [1.807, 2.05) is 18.2 Å². The average Bonchev–Trinajstić information content (AvgIpc) is 2.42. The third kappa shape index (κ3) is 1.05. The number of hydrogen-bond donors (Lipinski definition) is 2. The monoisotopic (exact) mass is 171 g/mol. The largest absolute Gasteiger partial charge is 0.383 e. The Balaban J connectivity index is 2.64. The molecule has 2 rings (SSSR count). The SMILES string of the molecule is C=Cc1ccc2c(c1)C(=N)N=C2N. The molecule has 0 spiro atoms. The highest BCUT2D eigenvalue weighted by Gasteiger charge is 2.17. The van der Waals surface area contributed by atoms with E-state index in [9.17, 15) is 0 Å². The second kappa shape index (κ2) is 2.55. The fraction of sp³-hybridized carbons (Fsp3) is 0. The van der Waals surface area contributed by atoms with Crippen molar-refractivity contribution in [1.29, 1.82) is 5.41 Å². The van der Waals surface area contributed by atoms with E-state index < -0.39 is 0 Å². The van der Waals surface area contributed by atoms with Crippen molar-refractivity contribution >= 4 is 17.7 Å². The molecule has 1 heterocycles. The van der Waals surface area contributed by atoms with Gasteiger partial charge in [-0.25, -0.2) is 4.99 Å². The van der Waals surface area contributed by atoms with Crippen LogP contribution in [0.15, 0.2) is 29.8 Å². The van der Waals surface area contributed by atoms with Crippen molar-refractivity contribution < 1.29 is 0 Å². The first-order valence-corrected chi connectivity index (χ1v) is 3.92. The summed E-state index contributed by atoms with van der Waals surface area (Å²) in [6.45, 7) is 3.66. The van der Waals surface area contributed by atoms with E-state index in [1.165, 1.54) is 0 Å². The second-order valence-electron chi connectivity index (χ2n) is 2.85. The maximum Gasteiger partial charge on any atom is 0.154 e. The van der Waals surface area contributed by atoms with Crippen molar-refractivity contribution in [3.63, 3.8) is 0 Å². The van der Waals surface area contributed by atoms with Crippen molar-refractivity contribution in [3.8, 4) is 0 Å². The van der Waals surface area contributed by atoms with Crippen molar-refractivity contribution in [1.82, 2.24) is 0 Å². The molecule has 3 nitrogen and oxygen atoms in total. The number of nitrogens with two attached hydrogens (primary N) is 1. The van der Waals surface area contributed by atoms with Crippen LogP contribution in [-0.2, 0) is 0 Å². The van der Waals surface area contributed by atoms with E-state index in [1.54, 1.807) is 6.08 Å². The van der Waals surface area contributed by atoms with Crippen LogP contribution in [0.5, 0.6) is 0 Å². The predicted octanol–water partition coefficient (Wildman–Crippen LogP) is 1.37. The molecule has 0 saturated carbocycles. The maximum absolute atomic E-state index is 7.53. The maximum atomic E-state index is 7.53. The van der Waals surface area contributed by atoms with Gasteiger partial charge in [0.2, 0.25) is 0 Å². The minimum atomic E-state index is 0.233. The molecule has 0 saturated heterocycles. The molecule has 64 valence electrons. The molecule has 0 radical (unpaired) electrons. The third-order valence-corrected chi connectivity index (χ3v) is 2.04. The quantitative estimate of drug-likeness (QED) is 0.658. The summed E-state index contributed by atoms with van der Waals surface area (Å²) >= 11 is 0. The fourth-order valence-electron chi connectivity index (χ4n) is 1.35. The summed E-state index contributed by atoms with van der Waals surface area (Å²) in [7, 11) is 0. The molecular weight excluding hydrogens is 162 g/mol. The summed E-state index contributed by atoms with van der Waals surface area (Å²) in [5.74, 6) is 0.659. The third-order valence-electron chi connectivity index (χ3n) is 2.04. The van der Waals surface area contributed by atoms with Crippen LogP contribution in [-0.4, -0.2) is 11.7 Å². The molecule has 1 aliphatic rings. The number of benzene rings is 1. The Kier molecular flexibility index (Phi) is 1.52. The molecule has 1 aliphatic heterocycles. The molecule has 0 aromatic heterocycles. The first-order valence-electron chi connectivity index (χ1n) is 3.92. The Hall–Kier alpha value is -1.90. The van der Waals surface area contributed by atoms with Gasteiger partial charge in [-0.2, -0.15) is 0 Å². The standard InChI is InChI=1S/C10H9N3/c1-2-6-3-4-7-8(5-6)10(12)13-9(7)11/h2-5H,1H2,(H3,11,12,13). The van der Waals surface area contributed by atoms with Crippen LogP contribution in [0.4, 0.5) is 0 Å². The zero-order valence-corrected chi connectivity index (χ0v) is 7.04. The lowest BCUT2D eigenvalue weighted by Gasteiger charge is -1.99. The Morgan fingerprint density at radius 3 is 2.85 bits per heavy atom. The van der Waals surface area contributed by atoms with Gasteiger partial charge in [-0.1, -0.05) is 18.7 Å². The van der Waals surface area contributed by atoms with Crippen LogP contribution >= 0.6 is 0 Å². The van der Waals surface area contributed by atoms with Crippen LogP contribution in [0.25, 0.3) is 6.08 Å². The molecule has 3 heteroatoms. The van der Waals surface area contributed by atoms with E-state index in [0.29, 0.717) is 5.84 Å². The van der Waals surface area contributed by atoms with Crippen LogP contribution in [0, 0.1) is 5.41 Å². The lowest BCUT2D eigenvalue weighted by Crippen LogP contribution is -2.10. The van der Waals surface area contributed by atoms with Crippen molar-refractivity contribution in [3.05, 3.63) is 41.5 Å². The summed E-state index contributed by atoms with van der Waals surface area (Å²) in [4.78, 5) is 3.88. The van der Waals surface area contributed by atoms with Crippen molar-refractivity contribution in [2.45, 2.75) is 0 Å². The molecule has 0 unspecified atom stereocenters. The number of hydrogen-bond acceptors (Lipinski definition) is 2. The molecule has 3 N–H and O–H groups in total. The van der Waals surface area contributed by atoms with Gasteiger partial charge in [0.25, 0.3) is 0 Å². The van der Waals surface area contributed by atoms with E-state index >= 15 is 0 Å². The highest BCUT2D eigenvalue weighted by atomic mass is 14.9. The summed E-state index contributed by atoms with van der Waals surface area (Å²) in [5.41, 5.74) is 8.22. The zero-order valence-electron chi connectivity index (χ0n) is 7.04. The Bertz CT molecular complexity index is 430. The van der Waals surface area contributed by atoms with Gasteiger partial charge in [0.05, 0.1) is 0 Å². The first kappa shape index (κ1) is 7.73. The number of fused-ring (bicyclic) bond motifs is 1. The van der Waals surface area contributed by atoms with E-state index in [0.717, 1.165) is 16.7 Å². The molecular formula is C10H9N3. The second-order valence-corrected chi connectivity index (χ2v) is 2.85. The molecule has 0 bridgehead atoms. The van der Waals surface area contributed by atoms with Gasteiger partial charge < -0.3 is 5.73 Å². The average molecular weight is 171 g/mol. The Labute approximate surface area is 76.1 Å². The minimum absolute atomic E-state index is 0.233. The number of rotatable bonds is 1. The van der Waals surface area contributed by atoms with E-state index in [4.69, 9.17) is 11.1 Å². The molecule has 0 amide bonds. The summed E-state index contributed by atoms with van der Waals surface area (Å²) in [6, 6.07) is 5.65. The zero-order chi connectivity index (χ0) is 9.42. The smallest absolute Gasteiger partial charge is 0.154 e. The Morgan fingerprint density at radius 1 is 1.38 bits per heavy atom. The van der Waals surface area contributed by atoms with E-state index in [-0.39, 0.29) is 5.84 Å². The Morgan fingerprint density at radius 2 is 2.15 bits per heavy atom. The van der Waals surface area contributed by atoms with Gasteiger partial charge in [-0.05, 0) is 17.7 Å². The fourth-order valence-corrected chi connectivity index (χ4v) is 1.35. The lowest BCUT2D eigenvalue weighted by molar-refractivity contribution is 1.44. The molecule has 0 fully saturated rings. The lowest BCUT2D eigenvalue weighted by atomic mass is 10.0. The van der Waals surface area contributed by atoms with Crippen LogP contribution < -0.4 is 5.73 Å². The summed E-state index contributed by atoms with van der Waals surface area (Å²) < 4.78 is 0. The topological polar surface area (TPSA) is 62.2 Å². The van der Waals surface area contributed by atoms with Crippen LogP contribution in [0.2, 0.25) is 0 Å². The van der Waals surface area contributed by atoms with Crippen LogP contribution in [0.1, 0.15) is 16.7 Å². The summed E-state index contributed by atoms with van der Waals surface area (Å²) in [5, 5.41) is 7.53. The van der Waals surface area contributed by atoms with Gasteiger partial charge in [0.1, 0.15) is 5.84 Å². The van der Waals surface area contributed by atoms with Gasteiger partial charge in [0, 0.05) is 11.1 Å². The van der Waals surface area contributed by atoms with Gasteiger partial charge in [-0.15, -0.1) is 0 Å². The molecule has 13 heavy (non-hydrogen) atoms. The molecule has 1 aromatic rings. The number of nitrogens with zero attached hydrogens (tertiary/aromatic N) is 1. The molecule has 0 atom stereocenters. The van der Waals surface area contributed by atoms with E-state index in [2.05, 4.69) is 11.6 Å². The number of aliphatic imine (C=N–C) groups is 1. The number of nitrogens with one attached hydrogen (secondary N) is 1. The normalized spacial score (nSPS) is 13.8. The van der Waals surface area contributed by atoms with Gasteiger partial charge in [-0.3, -0.25) is 5.41 Å². The van der Waals surface area contributed by atoms with Crippen molar-refractivity contribution in [2.75, 3.05) is 0 Å². The molecule has 1 aromatic carbocycles. The first-order chi connectivity index (χ1) is 6.22. The minimum Gasteiger partial charge on any atom is -0.383 e. The summed E-state index contributed by atoms with van der Waals surface area (Å²) in [6.07, 6.45) is 1.74. The van der Waals surface area contributed by atoms with Gasteiger partial charge in [0.15, 0.2) is 5.84 Å².